The molecule has 0 aliphatic heterocycles. The van der Waals surface area contributed by atoms with Gasteiger partial charge < -0.3 is 14.0 Å². The fourth-order valence-electron chi connectivity index (χ4n) is 1.82. The highest BCUT2D eigenvalue weighted by molar-refractivity contribution is 5.46. The SMILES string of the molecule is COc1cc(C#N)ccc1OCc1noc(C2CC2)n1. The molecule has 3 rings (SSSR count). The van der Waals surface area contributed by atoms with E-state index in [9.17, 15) is 0 Å². The third kappa shape index (κ3) is 2.57. The van der Waals surface area contributed by atoms with Gasteiger partial charge >= 0.3 is 0 Å². The van der Waals surface area contributed by atoms with E-state index in [2.05, 4.69) is 16.2 Å². The molecule has 1 saturated carbocycles. The van der Waals surface area contributed by atoms with E-state index < -0.39 is 0 Å². The topological polar surface area (TPSA) is 81.2 Å². The first-order valence-electron chi connectivity index (χ1n) is 6.33. The van der Waals surface area contributed by atoms with Crippen LogP contribution in [0.4, 0.5) is 0 Å². The second kappa shape index (κ2) is 5.21. The van der Waals surface area contributed by atoms with Crippen LogP contribution in [0.3, 0.4) is 0 Å². The zero-order valence-electron chi connectivity index (χ0n) is 11.0. The Morgan fingerprint density at radius 2 is 2.25 bits per heavy atom. The molecule has 1 aliphatic carbocycles. The average molecular weight is 271 g/mol. The van der Waals surface area contributed by atoms with Gasteiger partial charge in [0.1, 0.15) is 0 Å². The monoisotopic (exact) mass is 271 g/mol. The van der Waals surface area contributed by atoms with Crippen LogP contribution < -0.4 is 9.47 Å². The van der Waals surface area contributed by atoms with Crippen molar-refractivity contribution < 1.29 is 14.0 Å². The first kappa shape index (κ1) is 12.5. The Morgan fingerprint density at radius 1 is 1.40 bits per heavy atom. The van der Waals surface area contributed by atoms with Crippen LogP contribution in [0.1, 0.15) is 36.0 Å². The Kier molecular flexibility index (Phi) is 3.25. The normalized spacial score (nSPS) is 13.8. The molecule has 2 aromatic rings. The van der Waals surface area contributed by atoms with Gasteiger partial charge in [-0.05, 0) is 25.0 Å². The first-order chi connectivity index (χ1) is 9.80. The maximum atomic E-state index is 8.84. The Bertz CT molecular complexity index is 656. The van der Waals surface area contributed by atoms with Gasteiger partial charge in [-0.15, -0.1) is 0 Å². The second-order valence-corrected chi connectivity index (χ2v) is 4.59. The number of methoxy groups -OCH3 is 1. The number of benzene rings is 1. The molecule has 0 atom stereocenters. The third-order valence-electron chi connectivity index (χ3n) is 3.06. The summed E-state index contributed by atoms with van der Waals surface area (Å²) in [6, 6.07) is 7.04. The summed E-state index contributed by atoms with van der Waals surface area (Å²) in [5.74, 6) is 2.69. The molecule has 1 fully saturated rings. The van der Waals surface area contributed by atoms with E-state index >= 15 is 0 Å². The molecule has 0 radical (unpaired) electrons. The van der Waals surface area contributed by atoms with Crippen LogP contribution in [0.15, 0.2) is 22.7 Å². The fourth-order valence-corrected chi connectivity index (χ4v) is 1.82. The fraction of sp³-hybridized carbons (Fsp3) is 0.357. The van der Waals surface area contributed by atoms with Crippen LogP contribution in [0, 0.1) is 11.3 Å². The minimum atomic E-state index is 0.207. The highest BCUT2D eigenvalue weighted by Crippen LogP contribution is 2.38. The predicted molar refractivity (Wildman–Crippen MR) is 68.3 cm³/mol. The molecule has 0 N–H and O–H groups in total. The largest absolute Gasteiger partial charge is 0.493 e. The highest BCUT2D eigenvalue weighted by atomic mass is 16.5. The Balaban J connectivity index is 1.69. The number of rotatable bonds is 5. The van der Waals surface area contributed by atoms with E-state index in [1.807, 2.05) is 0 Å². The number of hydrogen-bond acceptors (Lipinski definition) is 6. The van der Waals surface area contributed by atoms with Gasteiger partial charge in [-0.3, -0.25) is 0 Å². The number of nitrogens with zero attached hydrogens (tertiary/aromatic N) is 3. The Hall–Kier alpha value is -2.55. The molecule has 1 heterocycles. The summed E-state index contributed by atoms with van der Waals surface area (Å²) in [5.41, 5.74) is 0.518. The summed E-state index contributed by atoms with van der Waals surface area (Å²) < 4.78 is 16.0. The van der Waals surface area contributed by atoms with Crippen molar-refractivity contribution in [1.82, 2.24) is 10.1 Å². The van der Waals surface area contributed by atoms with Crippen LogP contribution in [0.25, 0.3) is 0 Å². The summed E-state index contributed by atoms with van der Waals surface area (Å²) in [6.07, 6.45) is 2.23. The molecule has 1 aliphatic rings. The van der Waals surface area contributed by atoms with Crippen LogP contribution in [-0.2, 0) is 6.61 Å². The summed E-state index contributed by atoms with van der Waals surface area (Å²) >= 11 is 0. The second-order valence-electron chi connectivity index (χ2n) is 4.59. The summed E-state index contributed by atoms with van der Waals surface area (Å²) in [4.78, 5) is 4.28. The smallest absolute Gasteiger partial charge is 0.229 e. The molecular weight excluding hydrogens is 258 g/mol. The van der Waals surface area contributed by atoms with Crippen LogP contribution in [0.2, 0.25) is 0 Å². The van der Waals surface area contributed by atoms with E-state index in [0.717, 1.165) is 12.8 Å². The molecule has 1 aromatic carbocycles. The molecule has 20 heavy (non-hydrogen) atoms. The van der Waals surface area contributed by atoms with E-state index in [0.29, 0.717) is 34.7 Å². The van der Waals surface area contributed by atoms with E-state index in [-0.39, 0.29) is 6.61 Å². The van der Waals surface area contributed by atoms with E-state index in [1.54, 1.807) is 18.2 Å². The lowest BCUT2D eigenvalue weighted by atomic mass is 10.2. The molecule has 6 nitrogen and oxygen atoms in total. The van der Waals surface area contributed by atoms with Gasteiger partial charge in [0, 0.05) is 12.0 Å². The minimum Gasteiger partial charge on any atom is -0.493 e. The van der Waals surface area contributed by atoms with Gasteiger partial charge in [0.15, 0.2) is 18.1 Å². The number of ether oxygens (including phenoxy) is 2. The lowest BCUT2D eigenvalue weighted by molar-refractivity contribution is 0.269. The molecule has 102 valence electrons. The molecule has 0 unspecified atom stereocenters. The Morgan fingerprint density at radius 3 is 2.95 bits per heavy atom. The quantitative estimate of drug-likeness (QED) is 0.830. The van der Waals surface area contributed by atoms with Crippen molar-refractivity contribution >= 4 is 0 Å². The highest BCUT2D eigenvalue weighted by Gasteiger charge is 2.29. The van der Waals surface area contributed by atoms with Crippen LogP contribution in [0.5, 0.6) is 11.5 Å². The summed E-state index contributed by atoms with van der Waals surface area (Å²) in [6.45, 7) is 0.207. The molecule has 6 heteroatoms. The van der Waals surface area contributed by atoms with E-state index in [1.165, 1.54) is 7.11 Å². The van der Waals surface area contributed by atoms with Crippen molar-refractivity contribution in [3.63, 3.8) is 0 Å². The lowest BCUT2D eigenvalue weighted by Crippen LogP contribution is -2.00. The standard InChI is InChI=1S/C14H13N3O3/c1-18-12-6-9(7-15)2-5-11(12)19-8-13-16-14(20-17-13)10-3-4-10/h2,5-6,10H,3-4,8H2,1H3. The Labute approximate surface area is 115 Å². The maximum absolute atomic E-state index is 8.84. The van der Waals surface area contributed by atoms with Crippen LogP contribution in [-0.4, -0.2) is 17.3 Å². The zero-order chi connectivity index (χ0) is 13.9. The van der Waals surface area contributed by atoms with Gasteiger partial charge in [-0.25, -0.2) is 0 Å². The number of hydrogen-bond donors (Lipinski definition) is 0. The average Bonchev–Trinajstić information content (AvgIpc) is 3.24. The van der Waals surface area contributed by atoms with Gasteiger partial charge in [-0.1, -0.05) is 5.16 Å². The van der Waals surface area contributed by atoms with Crippen molar-refractivity contribution in [2.75, 3.05) is 7.11 Å². The molecule has 0 amide bonds. The molecule has 1 aromatic heterocycles. The number of aromatic nitrogens is 2. The van der Waals surface area contributed by atoms with Crippen molar-refractivity contribution in [3.05, 3.63) is 35.5 Å². The van der Waals surface area contributed by atoms with Crippen LogP contribution >= 0.6 is 0 Å². The zero-order valence-corrected chi connectivity index (χ0v) is 11.0. The molecule has 0 saturated heterocycles. The lowest BCUT2D eigenvalue weighted by Gasteiger charge is -2.08. The minimum absolute atomic E-state index is 0.207. The van der Waals surface area contributed by atoms with Gasteiger partial charge in [0.2, 0.25) is 11.7 Å². The predicted octanol–water partition coefficient (Wildman–Crippen LogP) is 2.41. The van der Waals surface area contributed by atoms with E-state index in [4.69, 9.17) is 19.3 Å². The van der Waals surface area contributed by atoms with Crippen molar-refractivity contribution in [3.8, 4) is 17.6 Å². The molecular formula is C14H13N3O3. The summed E-state index contributed by atoms with van der Waals surface area (Å²) in [5, 5.41) is 12.7. The van der Waals surface area contributed by atoms with Gasteiger partial charge in [-0.2, -0.15) is 10.2 Å². The third-order valence-corrected chi connectivity index (χ3v) is 3.06. The molecule has 0 spiro atoms. The summed E-state index contributed by atoms with van der Waals surface area (Å²) in [7, 11) is 1.53. The van der Waals surface area contributed by atoms with Crippen molar-refractivity contribution in [2.45, 2.75) is 25.4 Å². The maximum Gasteiger partial charge on any atom is 0.229 e. The van der Waals surface area contributed by atoms with Crippen molar-refractivity contribution in [1.29, 1.82) is 5.26 Å². The van der Waals surface area contributed by atoms with Crippen molar-refractivity contribution in [2.24, 2.45) is 0 Å². The first-order valence-corrected chi connectivity index (χ1v) is 6.33. The van der Waals surface area contributed by atoms with Gasteiger partial charge in [0.05, 0.1) is 18.7 Å². The molecule has 0 bridgehead atoms. The van der Waals surface area contributed by atoms with Gasteiger partial charge in [0.25, 0.3) is 0 Å². The number of nitriles is 1.